The zero-order chi connectivity index (χ0) is 20.1. The van der Waals surface area contributed by atoms with Gasteiger partial charge in [-0.25, -0.2) is 9.59 Å². The lowest BCUT2D eigenvalue weighted by molar-refractivity contribution is -0.138. The van der Waals surface area contributed by atoms with E-state index in [0.29, 0.717) is 33.1 Å². The van der Waals surface area contributed by atoms with Crippen LogP contribution in [-0.4, -0.2) is 20.2 Å². The summed E-state index contributed by atoms with van der Waals surface area (Å²) in [5, 5.41) is 1.20. The molecule has 3 rings (SSSR count). The molecule has 0 amide bonds. The molecule has 144 valence electrons. The van der Waals surface area contributed by atoms with Gasteiger partial charge in [0.05, 0.1) is 14.2 Å². The number of hydrogen-bond donors (Lipinski definition) is 0. The van der Waals surface area contributed by atoms with Crippen LogP contribution < -0.4 is 15.1 Å². The van der Waals surface area contributed by atoms with E-state index in [2.05, 4.69) is 0 Å². The van der Waals surface area contributed by atoms with Gasteiger partial charge in [0.15, 0.2) is 11.5 Å². The number of esters is 1. The lowest BCUT2D eigenvalue weighted by Gasteiger charge is -2.11. The van der Waals surface area contributed by atoms with E-state index >= 15 is 0 Å². The summed E-state index contributed by atoms with van der Waals surface area (Å²) < 4.78 is 21.0. The molecular formula is C21H17ClO6. The predicted molar refractivity (Wildman–Crippen MR) is 106 cm³/mol. The Balaban J connectivity index is 1.80. The first-order chi connectivity index (χ1) is 13.5. The molecule has 0 unspecified atom stereocenters. The summed E-state index contributed by atoms with van der Waals surface area (Å²) in [7, 11) is 2.99. The van der Waals surface area contributed by atoms with Gasteiger partial charge in [0, 0.05) is 34.2 Å². The van der Waals surface area contributed by atoms with Crippen LogP contribution in [0.3, 0.4) is 0 Å². The van der Waals surface area contributed by atoms with Crippen molar-refractivity contribution in [1.82, 2.24) is 0 Å². The molecule has 0 atom stereocenters. The van der Waals surface area contributed by atoms with E-state index in [4.69, 9.17) is 30.2 Å². The molecule has 0 fully saturated rings. The maximum absolute atomic E-state index is 12.0. The number of benzene rings is 2. The topological polar surface area (TPSA) is 75.0 Å². The molecule has 0 saturated carbocycles. The average molecular weight is 401 g/mol. The summed E-state index contributed by atoms with van der Waals surface area (Å²) in [5.74, 6) is 0.356. The van der Waals surface area contributed by atoms with Crippen molar-refractivity contribution < 1.29 is 23.4 Å². The van der Waals surface area contributed by atoms with Crippen molar-refractivity contribution in [2.24, 2.45) is 0 Å². The Bertz CT molecular complexity index is 1080. The van der Waals surface area contributed by atoms with Gasteiger partial charge in [0.1, 0.15) is 12.2 Å². The number of fused-ring (bicyclic) bond motifs is 1. The van der Waals surface area contributed by atoms with Crippen LogP contribution in [0.2, 0.25) is 5.02 Å². The SMILES string of the molecule is COc1cc2oc(=O)cc(COC(=O)/C=C/c3ccc(Cl)cc3)c2cc1OC. The molecule has 0 saturated heterocycles. The third kappa shape index (κ3) is 4.53. The Kier molecular flexibility index (Phi) is 6.01. The molecule has 1 heterocycles. The van der Waals surface area contributed by atoms with Crippen LogP contribution in [-0.2, 0) is 16.1 Å². The van der Waals surface area contributed by atoms with Crippen LogP contribution in [0.15, 0.2) is 57.8 Å². The second kappa shape index (κ2) is 8.63. The highest BCUT2D eigenvalue weighted by Gasteiger charge is 2.13. The van der Waals surface area contributed by atoms with E-state index in [9.17, 15) is 9.59 Å². The van der Waals surface area contributed by atoms with Gasteiger partial charge in [0.2, 0.25) is 0 Å². The Morgan fingerprint density at radius 1 is 1.07 bits per heavy atom. The Morgan fingerprint density at radius 3 is 2.43 bits per heavy atom. The number of ether oxygens (including phenoxy) is 3. The number of carbonyl (C=O) groups excluding carboxylic acids is 1. The lowest BCUT2D eigenvalue weighted by atomic mass is 10.1. The van der Waals surface area contributed by atoms with Gasteiger partial charge in [0.25, 0.3) is 0 Å². The number of rotatable bonds is 6. The third-order valence-corrected chi connectivity index (χ3v) is 4.24. The van der Waals surface area contributed by atoms with Crippen molar-refractivity contribution in [3.8, 4) is 11.5 Å². The Labute approximate surface area is 165 Å². The average Bonchev–Trinajstić information content (AvgIpc) is 2.70. The van der Waals surface area contributed by atoms with Crippen LogP contribution in [0.25, 0.3) is 17.0 Å². The second-order valence-corrected chi connectivity index (χ2v) is 6.22. The molecule has 28 heavy (non-hydrogen) atoms. The van der Waals surface area contributed by atoms with Crippen LogP contribution in [0.5, 0.6) is 11.5 Å². The fraction of sp³-hybridized carbons (Fsp3) is 0.143. The minimum absolute atomic E-state index is 0.0959. The standard InChI is InChI=1S/C21H17ClO6/c1-25-18-10-16-14(9-21(24)28-17(16)11-19(18)26-2)12-27-20(23)8-5-13-3-6-15(22)7-4-13/h3-11H,12H2,1-2H3/b8-5+. The summed E-state index contributed by atoms with van der Waals surface area (Å²) in [6, 6.07) is 11.5. The Morgan fingerprint density at radius 2 is 1.75 bits per heavy atom. The van der Waals surface area contributed by atoms with Gasteiger partial charge >= 0.3 is 11.6 Å². The highest BCUT2D eigenvalue weighted by molar-refractivity contribution is 6.30. The van der Waals surface area contributed by atoms with Gasteiger partial charge < -0.3 is 18.6 Å². The van der Waals surface area contributed by atoms with Gasteiger partial charge in [-0.2, -0.15) is 0 Å². The monoisotopic (exact) mass is 400 g/mol. The number of halogens is 1. The third-order valence-electron chi connectivity index (χ3n) is 3.99. The molecule has 1 aromatic heterocycles. The summed E-state index contributed by atoms with van der Waals surface area (Å²) in [4.78, 5) is 23.9. The minimum atomic E-state index is -0.553. The molecule has 3 aromatic rings. The molecule has 7 heteroatoms. The molecule has 0 radical (unpaired) electrons. The van der Waals surface area contributed by atoms with Crippen molar-refractivity contribution in [1.29, 1.82) is 0 Å². The summed E-state index contributed by atoms with van der Waals surface area (Å²) in [6.07, 6.45) is 2.92. The highest BCUT2D eigenvalue weighted by atomic mass is 35.5. The highest BCUT2D eigenvalue weighted by Crippen LogP contribution is 2.33. The van der Waals surface area contributed by atoms with E-state index in [-0.39, 0.29) is 6.61 Å². The summed E-state index contributed by atoms with van der Waals surface area (Å²) in [6.45, 7) is -0.0959. The molecule has 6 nitrogen and oxygen atoms in total. The van der Waals surface area contributed by atoms with Gasteiger partial charge in [-0.05, 0) is 29.8 Å². The fourth-order valence-electron chi connectivity index (χ4n) is 2.61. The van der Waals surface area contributed by atoms with Gasteiger partial charge in [-0.1, -0.05) is 23.7 Å². The van der Waals surface area contributed by atoms with E-state index < -0.39 is 11.6 Å². The fourth-order valence-corrected chi connectivity index (χ4v) is 2.73. The quantitative estimate of drug-likeness (QED) is 0.350. The van der Waals surface area contributed by atoms with E-state index in [1.165, 1.54) is 26.4 Å². The van der Waals surface area contributed by atoms with Crippen molar-refractivity contribution in [3.63, 3.8) is 0 Å². The van der Waals surface area contributed by atoms with Crippen LogP contribution in [0, 0.1) is 0 Å². The molecule has 0 spiro atoms. The maximum Gasteiger partial charge on any atom is 0.336 e. The number of methoxy groups -OCH3 is 2. The van der Waals surface area contributed by atoms with Crippen molar-refractivity contribution in [2.45, 2.75) is 6.61 Å². The number of hydrogen-bond acceptors (Lipinski definition) is 6. The summed E-state index contributed by atoms with van der Waals surface area (Å²) >= 11 is 5.83. The lowest BCUT2D eigenvalue weighted by Crippen LogP contribution is -2.06. The zero-order valence-electron chi connectivity index (χ0n) is 15.2. The summed E-state index contributed by atoms with van der Waals surface area (Å²) in [5.41, 5.74) is 1.07. The first-order valence-corrected chi connectivity index (χ1v) is 8.67. The zero-order valence-corrected chi connectivity index (χ0v) is 16.0. The molecule has 0 aliphatic carbocycles. The van der Waals surface area contributed by atoms with Crippen molar-refractivity contribution in [2.75, 3.05) is 14.2 Å². The molecule has 2 aromatic carbocycles. The van der Waals surface area contributed by atoms with Crippen LogP contribution >= 0.6 is 11.6 Å². The normalized spacial score (nSPS) is 11.0. The molecule has 0 aliphatic rings. The molecule has 0 bridgehead atoms. The van der Waals surface area contributed by atoms with Gasteiger partial charge in [-0.3, -0.25) is 0 Å². The van der Waals surface area contributed by atoms with Crippen LogP contribution in [0.4, 0.5) is 0 Å². The van der Waals surface area contributed by atoms with Crippen molar-refractivity contribution >= 4 is 34.6 Å². The minimum Gasteiger partial charge on any atom is -0.493 e. The molecule has 0 N–H and O–H groups in total. The Hall–Kier alpha value is -3.25. The first-order valence-electron chi connectivity index (χ1n) is 8.29. The maximum atomic E-state index is 12.0. The number of carbonyl (C=O) groups is 1. The second-order valence-electron chi connectivity index (χ2n) is 5.79. The first kappa shape index (κ1) is 19.5. The van der Waals surface area contributed by atoms with Crippen molar-refractivity contribution in [3.05, 3.63) is 75.1 Å². The van der Waals surface area contributed by atoms with E-state index in [1.54, 1.807) is 42.5 Å². The smallest absolute Gasteiger partial charge is 0.336 e. The van der Waals surface area contributed by atoms with E-state index in [1.807, 2.05) is 0 Å². The molecule has 0 aliphatic heterocycles. The predicted octanol–water partition coefficient (Wildman–Crippen LogP) is 4.22. The molecular weight excluding hydrogens is 384 g/mol. The van der Waals surface area contributed by atoms with Gasteiger partial charge in [-0.15, -0.1) is 0 Å². The van der Waals surface area contributed by atoms with Crippen LogP contribution in [0.1, 0.15) is 11.1 Å². The van der Waals surface area contributed by atoms with E-state index in [0.717, 1.165) is 5.56 Å². The largest absolute Gasteiger partial charge is 0.493 e.